The minimum atomic E-state index is -1.11. The Kier molecular flexibility index (Phi) is 6.41. The van der Waals surface area contributed by atoms with Gasteiger partial charge in [0.1, 0.15) is 6.04 Å². The fourth-order valence-corrected chi connectivity index (χ4v) is 0.421. The molecule has 1 amide bonds. The zero-order chi connectivity index (χ0) is 8.15. The number of carbonyl (C=O) groups excluding carboxylic acids is 1. The molecule has 7 N–H and O–H groups in total. The molecule has 6 nitrogen and oxygen atoms in total. The zero-order valence-corrected chi connectivity index (χ0v) is 5.91. The van der Waals surface area contributed by atoms with Crippen molar-refractivity contribution >= 4 is 11.9 Å². The van der Waals surface area contributed by atoms with Gasteiger partial charge in [0.15, 0.2) is 0 Å². The van der Waals surface area contributed by atoms with Crippen molar-refractivity contribution in [2.75, 3.05) is 0 Å². The minimum absolute atomic E-state index is 0. The quantitative estimate of drug-likeness (QED) is 0.435. The van der Waals surface area contributed by atoms with Crippen molar-refractivity contribution in [1.82, 2.24) is 0 Å². The minimum Gasteiger partial charge on any atom is -0.480 e. The second-order valence-corrected chi connectivity index (χ2v) is 1.95. The SMILES string of the molecule is NC(=O)CC[C@H](N)C(=O)O.O. The van der Waals surface area contributed by atoms with Gasteiger partial charge in [-0.2, -0.15) is 0 Å². The average Bonchev–Trinajstić information content (AvgIpc) is 1.82. The van der Waals surface area contributed by atoms with Crippen molar-refractivity contribution in [1.29, 1.82) is 0 Å². The van der Waals surface area contributed by atoms with Crippen molar-refractivity contribution < 1.29 is 20.2 Å². The predicted molar refractivity (Wildman–Crippen MR) is 37.7 cm³/mol. The van der Waals surface area contributed by atoms with Gasteiger partial charge in [-0.3, -0.25) is 9.59 Å². The van der Waals surface area contributed by atoms with Crippen LogP contribution in [0, 0.1) is 0 Å². The van der Waals surface area contributed by atoms with Crippen molar-refractivity contribution in [3.63, 3.8) is 0 Å². The highest BCUT2D eigenvalue weighted by molar-refractivity contribution is 5.76. The average molecular weight is 164 g/mol. The summed E-state index contributed by atoms with van der Waals surface area (Å²) >= 11 is 0. The van der Waals surface area contributed by atoms with Crippen molar-refractivity contribution in [2.45, 2.75) is 18.9 Å². The molecule has 0 heterocycles. The summed E-state index contributed by atoms with van der Waals surface area (Å²) in [5.74, 6) is -1.64. The van der Waals surface area contributed by atoms with Gasteiger partial charge < -0.3 is 22.1 Å². The first-order valence-electron chi connectivity index (χ1n) is 2.80. The molecule has 0 fully saturated rings. The number of nitrogens with two attached hydrogens (primary N) is 2. The van der Waals surface area contributed by atoms with E-state index in [1.807, 2.05) is 0 Å². The van der Waals surface area contributed by atoms with Crippen LogP contribution < -0.4 is 11.5 Å². The van der Waals surface area contributed by atoms with E-state index in [1.165, 1.54) is 0 Å². The van der Waals surface area contributed by atoms with Gasteiger partial charge in [0.25, 0.3) is 0 Å². The standard InChI is InChI=1S/C5H10N2O3.H2O/c6-3(5(9)10)1-2-4(7)8;/h3H,1-2,6H2,(H2,7,8)(H,9,10);1H2/t3-;/m0./s1. The molecule has 0 rings (SSSR count). The molecule has 0 aromatic carbocycles. The number of amides is 1. The number of hydrogen-bond donors (Lipinski definition) is 3. The lowest BCUT2D eigenvalue weighted by molar-refractivity contribution is -0.138. The Morgan fingerprint density at radius 2 is 1.91 bits per heavy atom. The molecule has 0 aromatic heterocycles. The lowest BCUT2D eigenvalue weighted by Gasteiger charge is -2.01. The maximum Gasteiger partial charge on any atom is 0.320 e. The Hall–Kier alpha value is -1.14. The van der Waals surface area contributed by atoms with Crippen molar-refractivity contribution in [2.24, 2.45) is 11.5 Å². The van der Waals surface area contributed by atoms with Crippen LogP contribution in [-0.4, -0.2) is 28.5 Å². The van der Waals surface area contributed by atoms with Gasteiger partial charge in [0, 0.05) is 6.42 Å². The Balaban J connectivity index is 0. The summed E-state index contributed by atoms with van der Waals surface area (Å²) < 4.78 is 0. The first kappa shape index (κ1) is 12.5. The third-order valence-corrected chi connectivity index (χ3v) is 1.02. The van der Waals surface area contributed by atoms with Crippen LogP contribution in [0.4, 0.5) is 0 Å². The molecule has 11 heavy (non-hydrogen) atoms. The molecule has 6 heteroatoms. The molecular formula is C5H12N2O4. The number of aliphatic carboxylic acids is 1. The van der Waals surface area contributed by atoms with E-state index >= 15 is 0 Å². The second kappa shape index (κ2) is 5.63. The number of carboxylic acids is 1. The highest BCUT2D eigenvalue weighted by Gasteiger charge is 2.11. The van der Waals surface area contributed by atoms with Gasteiger partial charge in [-0.25, -0.2) is 0 Å². The topological polar surface area (TPSA) is 138 Å². The molecule has 0 saturated carbocycles. The van der Waals surface area contributed by atoms with Crippen LogP contribution in [-0.2, 0) is 9.59 Å². The molecule has 0 aliphatic carbocycles. The maximum atomic E-state index is 10.1. The van der Waals surface area contributed by atoms with E-state index < -0.39 is 17.9 Å². The predicted octanol–water partition coefficient (Wildman–Crippen LogP) is -2.16. The number of carbonyl (C=O) groups is 2. The van der Waals surface area contributed by atoms with E-state index in [-0.39, 0.29) is 18.3 Å². The van der Waals surface area contributed by atoms with Crippen LogP contribution >= 0.6 is 0 Å². The molecule has 1 atom stereocenters. The highest BCUT2D eigenvalue weighted by Crippen LogP contribution is 1.92. The Bertz CT molecular complexity index is 147. The Morgan fingerprint density at radius 3 is 2.18 bits per heavy atom. The molecule has 0 radical (unpaired) electrons. The van der Waals surface area contributed by atoms with Gasteiger partial charge in [-0.15, -0.1) is 0 Å². The van der Waals surface area contributed by atoms with Crippen LogP contribution in [0.15, 0.2) is 0 Å². The largest absolute Gasteiger partial charge is 0.480 e. The van der Waals surface area contributed by atoms with E-state index in [0.717, 1.165) is 0 Å². The number of primary amides is 1. The molecule has 0 unspecified atom stereocenters. The smallest absolute Gasteiger partial charge is 0.320 e. The maximum absolute atomic E-state index is 10.1. The van der Waals surface area contributed by atoms with Gasteiger partial charge >= 0.3 is 5.97 Å². The molecule has 66 valence electrons. The molecule has 0 bridgehead atoms. The van der Waals surface area contributed by atoms with E-state index in [0.29, 0.717) is 0 Å². The fraction of sp³-hybridized carbons (Fsp3) is 0.600. The third-order valence-electron chi connectivity index (χ3n) is 1.02. The van der Waals surface area contributed by atoms with Crippen LogP contribution in [0.2, 0.25) is 0 Å². The zero-order valence-electron chi connectivity index (χ0n) is 5.91. The van der Waals surface area contributed by atoms with Gasteiger partial charge in [-0.05, 0) is 6.42 Å². The Morgan fingerprint density at radius 1 is 1.45 bits per heavy atom. The summed E-state index contributed by atoms with van der Waals surface area (Å²) in [5, 5.41) is 8.22. The highest BCUT2D eigenvalue weighted by atomic mass is 16.4. The first-order valence-corrected chi connectivity index (χ1v) is 2.80. The molecule has 0 aliphatic rings. The molecule has 0 saturated heterocycles. The number of hydrogen-bond acceptors (Lipinski definition) is 3. The summed E-state index contributed by atoms with van der Waals surface area (Å²) in [6.45, 7) is 0. The van der Waals surface area contributed by atoms with Crippen LogP contribution in [0.1, 0.15) is 12.8 Å². The lowest BCUT2D eigenvalue weighted by Crippen LogP contribution is -2.31. The molecule has 0 aromatic rings. The lowest BCUT2D eigenvalue weighted by atomic mass is 10.2. The second-order valence-electron chi connectivity index (χ2n) is 1.95. The fourth-order valence-electron chi connectivity index (χ4n) is 0.421. The summed E-state index contributed by atoms with van der Waals surface area (Å²) in [4.78, 5) is 20.1. The molecule has 0 spiro atoms. The normalized spacial score (nSPS) is 11.4. The summed E-state index contributed by atoms with van der Waals surface area (Å²) in [5.41, 5.74) is 9.81. The number of rotatable bonds is 4. The summed E-state index contributed by atoms with van der Waals surface area (Å²) in [7, 11) is 0. The van der Waals surface area contributed by atoms with E-state index in [1.54, 1.807) is 0 Å². The Labute approximate surface area is 63.5 Å². The van der Waals surface area contributed by atoms with Gasteiger partial charge in [0.2, 0.25) is 5.91 Å². The van der Waals surface area contributed by atoms with Gasteiger partial charge in [-0.1, -0.05) is 0 Å². The number of carboxylic acid groups (broad SMARTS) is 1. The van der Waals surface area contributed by atoms with E-state index in [4.69, 9.17) is 16.6 Å². The van der Waals surface area contributed by atoms with Crippen LogP contribution in [0.3, 0.4) is 0 Å². The van der Waals surface area contributed by atoms with Crippen LogP contribution in [0.25, 0.3) is 0 Å². The molecular weight excluding hydrogens is 152 g/mol. The monoisotopic (exact) mass is 164 g/mol. The van der Waals surface area contributed by atoms with E-state index in [9.17, 15) is 9.59 Å². The van der Waals surface area contributed by atoms with Crippen LogP contribution in [0.5, 0.6) is 0 Å². The van der Waals surface area contributed by atoms with Crippen molar-refractivity contribution in [3.05, 3.63) is 0 Å². The third kappa shape index (κ3) is 6.75. The summed E-state index contributed by atoms with van der Waals surface area (Å²) in [6.07, 6.45) is 0.123. The summed E-state index contributed by atoms with van der Waals surface area (Å²) in [6, 6.07) is -0.979. The van der Waals surface area contributed by atoms with Gasteiger partial charge in [0.05, 0.1) is 0 Å². The van der Waals surface area contributed by atoms with Crippen molar-refractivity contribution in [3.8, 4) is 0 Å². The first-order chi connectivity index (χ1) is 4.54. The van der Waals surface area contributed by atoms with E-state index in [2.05, 4.69) is 0 Å². The molecule has 0 aliphatic heterocycles.